The molecule has 1 N–H and O–H groups in total. The summed E-state index contributed by atoms with van der Waals surface area (Å²) in [5.74, 6) is 0. The van der Waals surface area contributed by atoms with Gasteiger partial charge in [-0.2, -0.15) is 0 Å². The zero-order chi connectivity index (χ0) is 11.5. The lowest BCUT2D eigenvalue weighted by molar-refractivity contribution is 0.397. The van der Waals surface area contributed by atoms with Crippen LogP contribution in [0.4, 0.5) is 5.69 Å². The van der Waals surface area contributed by atoms with Crippen LogP contribution in [0.3, 0.4) is 0 Å². The van der Waals surface area contributed by atoms with Gasteiger partial charge in [0.25, 0.3) is 0 Å². The molecule has 16 heavy (non-hydrogen) atoms. The monoisotopic (exact) mass is 219 g/mol. The van der Waals surface area contributed by atoms with E-state index in [0.717, 1.165) is 13.1 Å². The van der Waals surface area contributed by atoms with Crippen molar-refractivity contribution in [3.8, 4) is 0 Å². The lowest BCUT2D eigenvalue weighted by Gasteiger charge is -2.40. The van der Waals surface area contributed by atoms with E-state index in [-0.39, 0.29) is 0 Å². The van der Waals surface area contributed by atoms with Crippen LogP contribution in [0.2, 0.25) is 0 Å². The van der Waals surface area contributed by atoms with Gasteiger partial charge in [-0.25, -0.2) is 0 Å². The quantitative estimate of drug-likeness (QED) is 0.824. The van der Waals surface area contributed by atoms with Gasteiger partial charge in [0.2, 0.25) is 0 Å². The van der Waals surface area contributed by atoms with E-state index in [1.54, 1.807) is 0 Å². The third kappa shape index (κ3) is 2.19. The molecule has 1 aliphatic rings. The van der Waals surface area contributed by atoms with Crippen molar-refractivity contribution in [2.24, 2.45) is 0 Å². The summed E-state index contributed by atoms with van der Waals surface area (Å²) in [6, 6.07) is 3.24. The Labute approximate surface area is 97.9 Å². The van der Waals surface area contributed by atoms with Crippen LogP contribution in [-0.2, 0) is 0 Å². The van der Waals surface area contributed by atoms with Gasteiger partial charge >= 0.3 is 0 Å². The molecular weight excluding hydrogens is 198 g/mol. The van der Waals surface area contributed by atoms with Gasteiger partial charge in [-0.15, -0.1) is 0 Å². The molecular formula is C13H21N3. The Morgan fingerprint density at radius 3 is 3.06 bits per heavy atom. The second-order valence-corrected chi connectivity index (χ2v) is 4.68. The number of pyridine rings is 1. The second-order valence-electron chi connectivity index (χ2n) is 4.68. The van der Waals surface area contributed by atoms with E-state index < -0.39 is 0 Å². The molecule has 1 fully saturated rings. The summed E-state index contributed by atoms with van der Waals surface area (Å²) in [6.07, 6.45) is 5.04. The van der Waals surface area contributed by atoms with E-state index in [2.05, 4.69) is 42.0 Å². The molecule has 1 aromatic heterocycles. The van der Waals surface area contributed by atoms with Gasteiger partial charge in [-0.3, -0.25) is 4.98 Å². The van der Waals surface area contributed by atoms with Crippen molar-refractivity contribution in [1.29, 1.82) is 0 Å². The molecule has 0 aliphatic carbocycles. The van der Waals surface area contributed by atoms with Crippen LogP contribution in [0.25, 0.3) is 0 Å². The highest BCUT2D eigenvalue weighted by Crippen LogP contribution is 2.22. The number of hydrogen-bond acceptors (Lipinski definition) is 3. The van der Waals surface area contributed by atoms with Crippen molar-refractivity contribution >= 4 is 5.69 Å². The molecule has 2 heterocycles. The zero-order valence-corrected chi connectivity index (χ0v) is 10.4. The third-order valence-corrected chi connectivity index (χ3v) is 3.46. The van der Waals surface area contributed by atoms with Crippen molar-refractivity contribution in [3.05, 3.63) is 24.0 Å². The average molecular weight is 219 g/mol. The summed E-state index contributed by atoms with van der Waals surface area (Å²) in [7, 11) is 0. The molecule has 2 unspecified atom stereocenters. The highest BCUT2D eigenvalue weighted by atomic mass is 15.2. The van der Waals surface area contributed by atoms with Gasteiger partial charge in [-0.1, -0.05) is 6.92 Å². The smallest absolute Gasteiger partial charge is 0.0585 e. The zero-order valence-electron chi connectivity index (χ0n) is 10.4. The van der Waals surface area contributed by atoms with Crippen LogP contribution in [0.15, 0.2) is 18.5 Å². The van der Waals surface area contributed by atoms with E-state index in [0.29, 0.717) is 12.1 Å². The first-order chi connectivity index (χ1) is 7.72. The summed E-state index contributed by atoms with van der Waals surface area (Å²) in [4.78, 5) is 6.72. The van der Waals surface area contributed by atoms with Crippen LogP contribution < -0.4 is 10.2 Å². The van der Waals surface area contributed by atoms with Gasteiger partial charge in [0.05, 0.1) is 11.9 Å². The molecule has 0 saturated carbocycles. The summed E-state index contributed by atoms with van der Waals surface area (Å²) in [6.45, 7) is 8.82. The molecule has 0 amide bonds. The van der Waals surface area contributed by atoms with Crippen molar-refractivity contribution in [1.82, 2.24) is 10.3 Å². The van der Waals surface area contributed by atoms with E-state index in [4.69, 9.17) is 0 Å². The molecule has 1 saturated heterocycles. The number of hydrogen-bond donors (Lipinski definition) is 1. The molecule has 3 nitrogen and oxygen atoms in total. The topological polar surface area (TPSA) is 28.2 Å². The van der Waals surface area contributed by atoms with E-state index in [9.17, 15) is 0 Å². The van der Waals surface area contributed by atoms with Crippen LogP contribution in [0.1, 0.15) is 25.8 Å². The first-order valence-electron chi connectivity index (χ1n) is 6.13. The third-order valence-electron chi connectivity index (χ3n) is 3.46. The Bertz CT molecular complexity index is 351. The van der Waals surface area contributed by atoms with Crippen molar-refractivity contribution in [2.45, 2.75) is 39.3 Å². The predicted molar refractivity (Wildman–Crippen MR) is 67.9 cm³/mol. The molecule has 88 valence electrons. The van der Waals surface area contributed by atoms with E-state index >= 15 is 0 Å². The number of aromatic nitrogens is 1. The SMILES string of the molecule is CCC1CN(c2cnccc2C)C(C)CN1. The first kappa shape index (κ1) is 11.4. The normalized spacial score (nSPS) is 25.8. The molecule has 3 heteroatoms. The number of anilines is 1. The number of rotatable bonds is 2. The fourth-order valence-electron chi connectivity index (χ4n) is 2.29. The van der Waals surface area contributed by atoms with Crippen LogP contribution in [0.5, 0.6) is 0 Å². The fourth-order valence-corrected chi connectivity index (χ4v) is 2.29. The summed E-state index contributed by atoms with van der Waals surface area (Å²) >= 11 is 0. The van der Waals surface area contributed by atoms with Crippen LogP contribution in [-0.4, -0.2) is 30.2 Å². The Hall–Kier alpha value is -1.09. The number of nitrogens with zero attached hydrogens (tertiary/aromatic N) is 2. The van der Waals surface area contributed by atoms with Gasteiger partial charge < -0.3 is 10.2 Å². The Morgan fingerprint density at radius 2 is 2.38 bits per heavy atom. The minimum absolute atomic E-state index is 0.547. The average Bonchev–Trinajstić information content (AvgIpc) is 2.31. The maximum absolute atomic E-state index is 4.24. The second kappa shape index (κ2) is 4.83. The molecule has 0 radical (unpaired) electrons. The molecule has 0 spiro atoms. The summed E-state index contributed by atoms with van der Waals surface area (Å²) in [5, 5.41) is 3.58. The van der Waals surface area contributed by atoms with Gasteiger partial charge in [0.1, 0.15) is 0 Å². The minimum Gasteiger partial charge on any atom is -0.365 e. The Morgan fingerprint density at radius 1 is 1.56 bits per heavy atom. The van der Waals surface area contributed by atoms with Gasteiger partial charge in [0.15, 0.2) is 0 Å². The Kier molecular flexibility index (Phi) is 3.44. The Balaban J connectivity index is 2.21. The fraction of sp³-hybridized carbons (Fsp3) is 0.615. The number of aryl methyl sites for hydroxylation is 1. The van der Waals surface area contributed by atoms with E-state index in [1.807, 2.05) is 12.4 Å². The van der Waals surface area contributed by atoms with Crippen molar-refractivity contribution in [2.75, 3.05) is 18.0 Å². The molecule has 0 bridgehead atoms. The largest absolute Gasteiger partial charge is 0.365 e. The predicted octanol–water partition coefficient (Wildman–Crippen LogP) is 1.97. The molecule has 1 aromatic rings. The van der Waals surface area contributed by atoms with Crippen LogP contribution in [0, 0.1) is 6.92 Å². The van der Waals surface area contributed by atoms with Crippen molar-refractivity contribution in [3.63, 3.8) is 0 Å². The first-order valence-corrected chi connectivity index (χ1v) is 6.13. The molecule has 2 atom stereocenters. The molecule has 0 aromatic carbocycles. The standard InChI is InChI=1S/C13H21N3/c1-4-12-9-16(11(3)7-15-12)13-8-14-6-5-10(13)2/h5-6,8,11-12,15H,4,7,9H2,1-3H3. The highest BCUT2D eigenvalue weighted by molar-refractivity contribution is 5.52. The van der Waals surface area contributed by atoms with Gasteiger partial charge in [0, 0.05) is 31.4 Å². The number of piperazine rings is 1. The maximum atomic E-state index is 4.24. The van der Waals surface area contributed by atoms with Gasteiger partial charge in [-0.05, 0) is 31.9 Å². The van der Waals surface area contributed by atoms with Crippen LogP contribution >= 0.6 is 0 Å². The molecule has 2 rings (SSSR count). The number of nitrogens with one attached hydrogen (secondary N) is 1. The minimum atomic E-state index is 0.547. The molecule has 1 aliphatic heterocycles. The van der Waals surface area contributed by atoms with E-state index in [1.165, 1.54) is 17.7 Å². The summed E-state index contributed by atoms with van der Waals surface area (Å²) in [5.41, 5.74) is 2.61. The maximum Gasteiger partial charge on any atom is 0.0585 e. The summed E-state index contributed by atoms with van der Waals surface area (Å²) < 4.78 is 0. The highest BCUT2D eigenvalue weighted by Gasteiger charge is 2.24. The lowest BCUT2D eigenvalue weighted by atomic mass is 10.1. The lowest BCUT2D eigenvalue weighted by Crippen LogP contribution is -2.55. The van der Waals surface area contributed by atoms with Crippen molar-refractivity contribution < 1.29 is 0 Å².